The summed E-state index contributed by atoms with van der Waals surface area (Å²) in [5, 5.41) is 2.28. The number of pyridine rings is 2. The summed E-state index contributed by atoms with van der Waals surface area (Å²) in [6.45, 7) is 9.31. The van der Waals surface area contributed by atoms with E-state index in [2.05, 4.69) is 124 Å². The van der Waals surface area contributed by atoms with Crippen LogP contribution >= 0.6 is 17.0 Å². The van der Waals surface area contributed by atoms with Crippen molar-refractivity contribution in [1.29, 1.82) is 0 Å². The number of halogens is 2. The molecular formula is C40H35Cl2N2SiZr. The van der Waals surface area contributed by atoms with E-state index >= 15 is 0 Å². The zero-order valence-corrected chi connectivity index (χ0v) is 31.6. The first-order chi connectivity index (χ1) is 22.1. The standard InChI is InChI=1S/2C19H14N.C2H7Si.2ClH.Zr/c2*1-13-9-14-6-4-7-17(18(14)10-13)16-11-15-5-2-3-8-19(15)20-12-16;1-3-2;;;/h2*2-12H,1H3;3H,1-2H3;2*1H;/q;;;;;+2/p-2. The van der Waals surface area contributed by atoms with Gasteiger partial charge in [-0.2, -0.15) is 0 Å². The number of allylic oxidation sites excluding steroid dienone is 2. The van der Waals surface area contributed by atoms with Gasteiger partial charge >= 0.3 is 282 Å². The van der Waals surface area contributed by atoms with Crippen LogP contribution in [0.1, 0.15) is 43.4 Å². The summed E-state index contributed by atoms with van der Waals surface area (Å²) >= 11 is -4.78. The van der Waals surface area contributed by atoms with Crippen molar-refractivity contribution in [2.24, 2.45) is 0 Å². The molecule has 6 heteroatoms. The summed E-state index contributed by atoms with van der Waals surface area (Å²) in [6.07, 6.45) is 8.74. The molecule has 2 aromatic heterocycles. The molecule has 2 heterocycles. The first-order valence-corrected chi connectivity index (χ1v) is 32.4. The first-order valence-electron chi connectivity index (χ1n) is 16.0. The molecular weight excluding hydrogens is 699 g/mol. The third-order valence-corrected chi connectivity index (χ3v) is 62.8. The van der Waals surface area contributed by atoms with Gasteiger partial charge in [-0.25, -0.2) is 0 Å². The average molecular weight is 734 g/mol. The van der Waals surface area contributed by atoms with Crippen molar-refractivity contribution in [1.82, 2.24) is 9.97 Å². The van der Waals surface area contributed by atoms with E-state index in [4.69, 9.17) is 27.0 Å². The third-order valence-electron chi connectivity index (χ3n) is 10.6. The number of aromatic nitrogens is 2. The van der Waals surface area contributed by atoms with Crippen molar-refractivity contribution in [2.75, 3.05) is 0 Å². The minimum atomic E-state index is -4.78. The summed E-state index contributed by atoms with van der Waals surface area (Å²) in [5.41, 5.74) is 14.3. The van der Waals surface area contributed by atoms with Gasteiger partial charge in [0.1, 0.15) is 0 Å². The molecule has 2 aliphatic carbocycles. The normalized spacial score (nSPS) is 18.3. The quantitative estimate of drug-likeness (QED) is 0.165. The zero-order chi connectivity index (χ0) is 31.8. The third kappa shape index (κ3) is 4.44. The Balaban J connectivity index is 1.28. The van der Waals surface area contributed by atoms with Gasteiger partial charge in [-0.05, 0) is 0 Å². The average Bonchev–Trinajstić information content (AvgIpc) is 3.60. The van der Waals surface area contributed by atoms with Crippen LogP contribution in [0.25, 0.3) is 56.2 Å². The van der Waals surface area contributed by atoms with Crippen molar-refractivity contribution < 1.29 is 15.6 Å². The number of hydrogen-bond acceptors (Lipinski definition) is 2. The van der Waals surface area contributed by atoms with E-state index in [1.807, 2.05) is 24.5 Å². The van der Waals surface area contributed by atoms with Gasteiger partial charge in [0.05, 0.1) is 0 Å². The second kappa shape index (κ2) is 11.0. The number of hydrogen-bond donors (Lipinski definition) is 0. The summed E-state index contributed by atoms with van der Waals surface area (Å²) < 4.78 is 0.0928. The van der Waals surface area contributed by atoms with Gasteiger partial charge in [0, 0.05) is 0 Å². The molecule has 2 aliphatic rings. The molecule has 2 unspecified atom stereocenters. The van der Waals surface area contributed by atoms with E-state index in [0.29, 0.717) is 0 Å². The molecule has 46 heavy (non-hydrogen) atoms. The second-order valence-corrected chi connectivity index (χ2v) is 56.0. The van der Waals surface area contributed by atoms with Crippen molar-refractivity contribution in [2.45, 2.75) is 34.2 Å². The molecule has 0 radical (unpaired) electrons. The molecule has 0 fully saturated rings. The maximum absolute atomic E-state index is 8.47. The van der Waals surface area contributed by atoms with E-state index in [0.717, 1.165) is 32.9 Å². The van der Waals surface area contributed by atoms with Gasteiger partial charge in [-0.1, -0.05) is 0 Å². The predicted octanol–water partition coefficient (Wildman–Crippen LogP) is 11.7. The Morgan fingerprint density at radius 3 is 1.46 bits per heavy atom. The molecule has 0 N–H and O–H groups in total. The summed E-state index contributed by atoms with van der Waals surface area (Å²) in [4.78, 5) is 9.59. The van der Waals surface area contributed by atoms with Crippen LogP contribution in [0.2, 0.25) is 13.1 Å². The van der Waals surface area contributed by atoms with Gasteiger partial charge in [-0.15, -0.1) is 0 Å². The summed E-state index contributed by atoms with van der Waals surface area (Å²) in [6, 6.07) is 34.5. The predicted molar refractivity (Wildman–Crippen MR) is 198 cm³/mol. The fourth-order valence-corrected chi connectivity index (χ4v) is 41.3. The molecule has 0 saturated heterocycles. The Labute approximate surface area is 279 Å². The fourth-order valence-electron chi connectivity index (χ4n) is 8.34. The van der Waals surface area contributed by atoms with Crippen LogP contribution in [0.15, 0.2) is 121 Å². The van der Waals surface area contributed by atoms with E-state index in [1.165, 1.54) is 44.5 Å². The Bertz CT molecular complexity index is 2130. The monoisotopic (exact) mass is 731 g/mol. The second-order valence-electron chi connectivity index (χ2n) is 13.5. The van der Waals surface area contributed by atoms with Crippen molar-refractivity contribution in [3.63, 3.8) is 0 Å². The minimum absolute atomic E-state index is 0.0464. The summed E-state index contributed by atoms with van der Waals surface area (Å²) in [5.74, 6) is -1.63. The number of fused-ring (bicyclic) bond motifs is 4. The van der Waals surface area contributed by atoms with Crippen LogP contribution in [-0.2, 0) is 15.6 Å². The van der Waals surface area contributed by atoms with Gasteiger partial charge in [0.15, 0.2) is 0 Å². The topological polar surface area (TPSA) is 25.8 Å². The first kappa shape index (κ1) is 30.2. The van der Waals surface area contributed by atoms with Crippen LogP contribution in [0.4, 0.5) is 0 Å². The Hall–Kier alpha value is -3.14. The van der Waals surface area contributed by atoms with Gasteiger partial charge in [0.2, 0.25) is 0 Å². The van der Waals surface area contributed by atoms with Gasteiger partial charge in [-0.3, -0.25) is 0 Å². The number of rotatable bonds is 5. The number of nitrogens with zero attached hydrogens (tertiary/aromatic N) is 2. The zero-order valence-electron chi connectivity index (χ0n) is 26.4. The Morgan fingerprint density at radius 2 is 1.02 bits per heavy atom. The molecule has 0 aliphatic heterocycles. The fraction of sp³-hybridized carbons (Fsp3) is 0.150. The Morgan fingerprint density at radius 1 is 0.587 bits per heavy atom. The molecule has 227 valence electrons. The van der Waals surface area contributed by atoms with Gasteiger partial charge in [0.25, 0.3) is 0 Å². The number of para-hydroxylation sites is 2. The molecule has 0 saturated carbocycles. The van der Waals surface area contributed by atoms with Crippen molar-refractivity contribution in [3.05, 3.63) is 143 Å². The molecule has 0 amide bonds. The molecule has 6 aromatic rings. The van der Waals surface area contributed by atoms with Crippen LogP contribution in [0, 0.1) is 0 Å². The van der Waals surface area contributed by atoms with Crippen LogP contribution in [-0.4, -0.2) is 15.9 Å². The van der Waals surface area contributed by atoms with E-state index in [-0.39, 0.29) is 7.25 Å². The van der Waals surface area contributed by atoms with E-state index in [9.17, 15) is 0 Å². The molecule has 2 nitrogen and oxygen atoms in total. The molecule has 8 rings (SSSR count). The Kier molecular flexibility index (Phi) is 7.20. The SMILES string of the molecule is CC1=Cc2c(-c3cnc4ccccc4c3)cccc2[CH]1[Zr]([Cl])([Cl])([CH]1C(C)=Cc2c(-c3cnc4ccccc4c3)cccc21)[SiH](C)C. The maximum atomic E-state index is 8.47. The molecule has 0 bridgehead atoms. The van der Waals surface area contributed by atoms with Gasteiger partial charge < -0.3 is 0 Å². The van der Waals surface area contributed by atoms with Crippen molar-refractivity contribution in [3.8, 4) is 22.3 Å². The molecule has 4 aromatic carbocycles. The van der Waals surface area contributed by atoms with Crippen LogP contribution in [0.5, 0.6) is 0 Å². The number of benzene rings is 4. The summed E-state index contributed by atoms with van der Waals surface area (Å²) in [7, 11) is 16.9. The molecule has 2 atom stereocenters. The van der Waals surface area contributed by atoms with Crippen LogP contribution in [0.3, 0.4) is 0 Å². The molecule has 0 spiro atoms. The van der Waals surface area contributed by atoms with Crippen LogP contribution < -0.4 is 0 Å². The van der Waals surface area contributed by atoms with Crippen molar-refractivity contribution >= 4 is 56.9 Å². The van der Waals surface area contributed by atoms with E-state index < -0.39 is 21.5 Å². The van der Waals surface area contributed by atoms with E-state index in [1.54, 1.807) is 0 Å².